The number of thiophene rings is 1. The average molecular weight is 318 g/mol. The van der Waals surface area contributed by atoms with Gasteiger partial charge in [-0.05, 0) is 23.9 Å². The summed E-state index contributed by atoms with van der Waals surface area (Å²) in [5.41, 5.74) is 1.61. The Hall–Kier alpha value is -1.97. The van der Waals surface area contributed by atoms with Gasteiger partial charge in [0.15, 0.2) is 0 Å². The minimum atomic E-state index is -0.456. The second-order valence-electron chi connectivity index (χ2n) is 4.39. The van der Waals surface area contributed by atoms with Gasteiger partial charge < -0.3 is 10.1 Å². The third-order valence-corrected chi connectivity index (χ3v) is 4.40. The van der Waals surface area contributed by atoms with Gasteiger partial charge in [-0.1, -0.05) is 18.7 Å². The minimum Gasteiger partial charge on any atom is -0.458 e. The van der Waals surface area contributed by atoms with Crippen molar-refractivity contribution in [3.05, 3.63) is 56.9 Å². The van der Waals surface area contributed by atoms with Crippen LogP contribution in [0.3, 0.4) is 0 Å². The topological polar surface area (TPSA) is 62.1 Å². The predicted octanol–water partition coefficient (Wildman–Crippen LogP) is 3.10. The maximum atomic E-state index is 12.3. The van der Waals surface area contributed by atoms with Crippen LogP contribution in [-0.4, -0.2) is 12.6 Å². The van der Waals surface area contributed by atoms with Crippen LogP contribution in [0.2, 0.25) is 0 Å². The maximum Gasteiger partial charge on any atom is 0.337 e. The lowest BCUT2D eigenvalue weighted by atomic mass is 9.87. The highest BCUT2D eigenvalue weighted by Crippen LogP contribution is 2.40. The van der Waals surface area contributed by atoms with Gasteiger partial charge in [-0.15, -0.1) is 24.0 Å². The molecule has 0 aromatic carbocycles. The van der Waals surface area contributed by atoms with Crippen LogP contribution >= 0.6 is 24.0 Å². The SMILES string of the molecule is C=CCOC(=O)C1=C(S)NC(C#N)=C(C)C1c1cccs1. The first-order chi connectivity index (χ1) is 10.1. The summed E-state index contributed by atoms with van der Waals surface area (Å²) in [6, 6.07) is 5.94. The number of nitriles is 1. The molecule has 1 unspecified atom stereocenters. The first-order valence-electron chi connectivity index (χ1n) is 6.22. The molecule has 108 valence electrons. The van der Waals surface area contributed by atoms with Crippen LogP contribution in [0.5, 0.6) is 0 Å². The van der Waals surface area contributed by atoms with Crippen LogP contribution < -0.4 is 5.32 Å². The highest BCUT2D eigenvalue weighted by Gasteiger charge is 2.34. The van der Waals surface area contributed by atoms with Gasteiger partial charge in [-0.3, -0.25) is 0 Å². The summed E-state index contributed by atoms with van der Waals surface area (Å²) in [5, 5.41) is 14.3. The molecule has 1 N–H and O–H groups in total. The zero-order chi connectivity index (χ0) is 15.4. The van der Waals surface area contributed by atoms with Crippen molar-refractivity contribution in [1.29, 1.82) is 5.26 Å². The van der Waals surface area contributed by atoms with Crippen LogP contribution in [0, 0.1) is 11.3 Å². The summed E-state index contributed by atoms with van der Waals surface area (Å²) < 4.78 is 5.14. The molecule has 0 saturated carbocycles. The predicted molar refractivity (Wildman–Crippen MR) is 85.7 cm³/mol. The molecule has 1 aromatic heterocycles. The molecule has 0 saturated heterocycles. The molecule has 0 bridgehead atoms. The summed E-state index contributed by atoms with van der Waals surface area (Å²) in [4.78, 5) is 13.3. The molecule has 1 aliphatic heterocycles. The standard InChI is InChI=1S/C15H14N2O2S2/c1-3-6-19-15(18)13-12(11-5-4-7-21-11)9(2)10(8-16)17-14(13)20/h3-5,7,12,17,20H,1,6H2,2H3. The Labute approximate surface area is 132 Å². The minimum absolute atomic E-state index is 0.133. The normalized spacial score (nSPS) is 18.0. The number of nitrogens with one attached hydrogen (secondary N) is 1. The largest absolute Gasteiger partial charge is 0.458 e. The highest BCUT2D eigenvalue weighted by atomic mass is 32.1. The molecule has 2 rings (SSSR count). The average Bonchev–Trinajstić information content (AvgIpc) is 3.00. The van der Waals surface area contributed by atoms with E-state index in [0.717, 1.165) is 10.5 Å². The summed E-state index contributed by atoms with van der Waals surface area (Å²) in [6.45, 7) is 5.49. The van der Waals surface area contributed by atoms with Crippen molar-refractivity contribution < 1.29 is 9.53 Å². The van der Waals surface area contributed by atoms with E-state index in [9.17, 15) is 10.1 Å². The number of hydrogen-bond acceptors (Lipinski definition) is 6. The van der Waals surface area contributed by atoms with Crippen molar-refractivity contribution in [1.82, 2.24) is 5.32 Å². The van der Waals surface area contributed by atoms with Crippen LogP contribution in [0.4, 0.5) is 0 Å². The number of carbonyl (C=O) groups is 1. The lowest BCUT2D eigenvalue weighted by Crippen LogP contribution is -2.27. The van der Waals surface area contributed by atoms with E-state index in [-0.39, 0.29) is 12.5 Å². The number of rotatable bonds is 4. The second-order valence-corrected chi connectivity index (χ2v) is 5.82. The Morgan fingerprint density at radius 2 is 2.48 bits per heavy atom. The maximum absolute atomic E-state index is 12.3. The van der Waals surface area contributed by atoms with E-state index >= 15 is 0 Å². The Morgan fingerprint density at radius 1 is 1.71 bits per heavy atom. The fraction of sp³-hybridized carbons (Fsp3) is 0.200. The molecule has 0 spiro atoms. The fourth-order valence-electron chi connectivity index (χ4n) is 2.14. The van der Waals surface area contributed by atoms with E-state index < -0.39 is 5.97 Å². The fourth-order valence-corrected chi connectivity index (χ4v) is 3.37. The van der Waals surface area contributed by atoms with Crippen LogP contribution in [-0.2, 0) is 9.53 Å². The van der Waals surface area contributed by atoms with Crippen molar-refractivity contribution in [2.24, 2.45) is 0 Å². The summed E-state index contributed by atoms with van der Waals surface area (Å²) >= 11 is 5.85. The van der Waals surface area contributed by atoms with Gasteiger partial charge in [0.1, 0.15) is 18.4 Å². The zero-order valence-corrected chi connectivity index (χ0v) is 13.1. The van der Waals surface area contributed by atoms with Gasteiger partial charge in [0.2, 0.25) is 0 Å². The molecule has 0 aliphatic carbocycles. The van der Waals surface area contributed by atoms with Crippen molar-refractivity contribution in [3.8, 4) is 6.07 Å². The third-order valence-electron chi connectivity index (χ3n) is 3.11. The van der Waals surface area contributed by atoms with Crippen LogP contribution in [0.25, 0.3) is 0 Å². The van der Waals surface area contributed by atoms with Crippen LogP contribution in [0.1, 0.15) is 17.7 Å². The number of allylic oxidation sites excluding steroid dienone is 2. The molecule has 0 fully saturated rings. The van der Waals surface area contributed by atoms with Crippen molar-refractivity contribution in [3.63, 3.8) is 0 Å². The Balaban J connectivity index is 2.48. The second kappa shape index (κ2) is 6.66. The van der Waals surface area contributed by atoms with Gasteiger partial charge in [0, 0.05) is 4.88 Å². The van der Waals surface area contributed by atoms with E-state index in [2.05, 4.69) is 30.6 Å². The quantitative estimate of drug-likeness (QED) is 0.509. The summed E-state index contributed by atoms with van der Waals surface area (Å²) in [7, 11) is 0. The van der Waals surface area contributed by atoms with Crippen LogP contribution in [0.15, 0.2) is 52.0 Å². The molecule has 21 heavy (non-hydrogen) atoms. The molecular formula is C15H14N2O2S2. The number of ether oxygens (including phenoxy) is 1. The number of nitrogens with zero attached hydrogens (tertiary/aromatic N) is 1. The summed E-state index contributed by atoms with van der Waals surface area (Å²) in [5.74, 6) is -0.771. The molecule has 1 atom stereocenters. The van der Waals surface area contributed by atoms with Gasteiger partial charge in [0.05, 0.1) is 16.5 Å². The van der Waals surface area contributed by atoms with Gasteiger partial charge >= 0.3 is 5.97 Å². The third kappa shape index (κ3) is 3.04. The van der Waals surface area contributed by atoms with Gasteiger partial charge in [0.25, 0.3) is 0 Å². The molecular weight excluding hydrogens is 304 g/mol. The number of esters is 1. The monoisotopic (exact) mass is 318 g/mol. The highest BCUT2D eigenvalue weighted by molar-refractivity contribution is 7.84. The number of thiol groups is 1. The molecule has 4 nitrogen and oxygen atoms in total. The molecule has 1 aromatic rings. The molecule has 6 heteroatoms. The number of carbonyl (C=O) groups excluding carboxylic acids is 1. The lowest BCUT2D eigenvalue weighted by Gasteiger charge is -2.27. The van der Waals surface area contributed by atoms with Crippen molar-refractivity contribution in [2.75, 3.05) is 6.61 Å². The van der Waals surface area contributed by atoms with Gasteiger partial charge in [-0.2, -0.15) is 5.26 Å². The lowest BCUT2D eigenvalue weighted by molar-refractivity contribution is -0.138. The Bertz CT molecular complexity index is 666. The Morgan fingerprint density at radius 3 is 3.05 bits per heavy atom. The van der Waals surface area contributed by atoms with Crippen molar-refractivity contribution >= 4 is 29.9 Å². The summed E-state index contributed by atoms with van der Waals surface area (Å²) in [6.07, 6.45) is 1.51. The number of dihydropyridines is 1. The molecule has 0 amide bonds. The molecule has 0 radical (unpaired) electrons. The first-order valence-corrected chi connectivity index (χ1v) is 7.55. The van der Waals surface area contributed by atoms with E-state index in [4.69, 9.17) is 4.74 Å². The van der Waals surface area contributed by atoms with E-state index in [1.807, 2.05) is 24.4 Å². The smallest absolute Gasteiger partial charge is 0.337 e. The van der Waals surface area contributed by atoms with Crippen molar-refractivity contribution in [2.45, 2.75) is 12.8 Å². The molecule has 1 aliphatic rings. The van der Waals surface area contributed by atoms with E-state index in [1.54, 1.807) is 0 Å². The molecule has 2 heterocycles. The van der Waals surface area contributed by atoms with E-state index in [1.165, 1.54) is 17.4 Å². The number of hydrogen-bond donors (Lipinski definition) is 2. The van der Waals surface area contributed by atoms with Gasteiger partial charge in [-0.25, -0.2) is 4.79 Å². The first kappa shape index (κ1) is 15.4. The zero-order valence-electron chi connectivity index (χ0n) is 11.4. The Kier molecular flexibility index (Phi) is 4.89. The van der Waals surface area contributed by atoms with E-state index in [0.29, 0.717) is 16.3 Å².